The largest absolute Gasteiger partial charge is 0.207 e. The lowest BCUT2D eigenvalue weighted by Gasteiger charge is -2.12. The lowest BCUT2D eigenvalue weighted by atomic mass is 9.94. The Morgan fingerprint density at radius 3 is 1.50 bits per heavy atom. The molecule has 1 aromatic rings. The van der Waals surface area contributed by atoms with Gasteiger partial charge in [0.05, 0.1) is 0 Å². The van der Waals surface area contributed by atoms with E-state index in [-0.39, 0.29) is 5.92 Å². The smallest absolute Gasteiger partial charge is 0.129 e. The molecule has 0 heterocycles. The van der Waals surface area contributed by atoms with Gasteiger partial charge in [0, 0.05) is 6.07 Å². The zero-order chi connectivity index (χ0) is 20.5. The summed E-state index contributed by atoms with van der Waals surface area (Å²) in [4.78, 5) is 0. The Kier molecular flexibility index (Phi) is 15.2. The van der Waals surface area contributed by atoms with Gasteiger partial charge in [-0.1, -0.05) is 123 Å². The zero-order valence-electron chi connectivity index (χ0n) is 18.6. The molecule has 1 aromatic carbocycles. The Bertz CT molecular complexity index is 483. The van der Waals surface area contributed by atoms with Gasteiger partial charge in [0.1, 0.15) is 11.6 Å². The van der Waals surface area contributed by atoms with Crippen LogP contribution in [0, 0.1) is 11.6 Å². The molecule has 0 saturated carbocycles. The van der Waals surface area contributed by atoms with Gasteiger partial charge < -0.3 is 0 Å². The van der Waals surface area contributed by atoms with Gasteiger partial charge in [0.2, 0.25) is 0 Å². The maximum Gasteiger partial charge on any atom is 0.129 e. The minimum absolute atomic E-state index is 0.173. The predicted octanol–water partition coefficient (Wildman–Crippen LogP) is 9.72. The van der Waals surface area contributed by atoms with Gasteiger partial charge in [0.25, 0.3) is 0 Å². The number of hydrogen-bond donors (Lipinski definition) is 0. The minimum atomic E-state index is -0.490. The van der Waals surface area contributed by atoms with E-state index in [0.717, 1.165) is 18.9 Å². The molecule has 162 valence electrons. The molecule has 0 fully saturated rings. The van der Waals surface area contributed by atoms with E-state index < -0.39 is 11.6 Å². The first kappa shape index (κ1) is 25.1. The highest BCUT2D eigenvalue weighted by molar-refractivity contribution is 5.21. The summed E-state index contributed by atoms with van der Waals surface area (Å²) in [7, 11) is 0. The number of benzene rings is 1. The second-order valence-electron chi connectivity index (χ2n) is 8.66. The predicted molar refractivity (Wildman–Crippen MR) is 119 cm³/mol. The quantitative estimate of drug-likeness (QED) is 0.217. The summed E-state index contributed by atoms with van der Waals surface area (Å²) in [6, 6.07) is 3.96. The van der Waals surface area contributed by atoms with Crippen molar-refractivity contribution in [1.82, 2.24) is 0 Å². The number of unbranched alkanes of at least 4 members (excludes halogenated alkanes) is 15. The van der Waals surface area contributed by atoms with Crippen molar-refractivity contribution in [2.75, 3.05) is 0 Å². The van der Waals surface area contributed by atoms with Crippen LogP contribution >= 0.6 is 0 Å². The first-order valence-corrected chi connectivity index (χ1v) is 12.1. The van der Waals surface area contributed by atoms with Crippen LogP contribution in [0.2, 0.25) is 0 Å². The van der Waals surface area contributed by atoms with E-state index in [9.17, 15) is 8.78 Å². The van der Waals surface area contributed by atoms with Gasteiger partial charge in [-0.25, -0.2) is 8.78 Å². The average molecular weight is 395 g/mol. The van der Waals surface area contributed by atoms with Crippen molar-refractivity contribution >= 4 is 0 Å². The Morgan fingerprint density at radius 2 is 1.07 bits per heavy atom. The molecule has 0 aromatic heterocycles. The summed E-state index contributed by atoms with van der Waals surface area (Å²) in [5, 5.41) is 0. The third kappa shape index (κ3) is 12.5. The normalized spacial score (nSPS) is 12.4. The molecular formula is C26H44F2. The molecule has 28 heavy (non-hydrogen) atoms. The van der Waals surface area contributed by atoms with Crippen LogP contribution in [0.3, 0.4) is 0 Å². The van der Waals surface area contributed by atoms with Crippen molar-refractivity contribution in [3.05, 3.63) is 35.4 Å². The Morgan fingerprint density at radius 1 is 0.643 bits per heavy atom. The van der Waals surface area contributed by atoms with Crippen LogP contribution in [-0.2, 0) is 0 Å². The van der Waals surface area contributed by atoms with Crippen LogP contribution in [0.1, 0.15) is 134 Å². The van der Waals surface area contributed by atoms with Gasteiger partial charge in [-0.15, -0.1) is 0 Å². The molecule has 1 atom stereocenters. The second-order valence-corrected chi connectivity index (χ2v) is 8.66. The molecule has 0 spiro atoms. The maximum absolute atomic E-state index is 13.8. The van der Waals surface area contributed by atoms with Crippen molar-refractivity contribution in [2.45, 2.75) is 129 Å². The summed E-state index contributed by atoms with van der Waals surface area (Å²) >= 11 is 0. The van der Waals surface area contributed by atoms with Crippen LogP contribution in [0.25, 0.3) is 0 Å². The van der Waals surface area contributed by atoms with Gasteiger partial charge in [0.15, 0.2) is 0 Å². The first-order valence-electron chi connectivity index (χ1n) is 12.1. The molecule has 1 rings (SSSR count). The Hall–Kier alpha value is -0.920. The van der Waals surface area contributed by atoms with E-state index in [1.54, 1.807) is 6.07 Å². The summed E-state index contributed by atoms with van der Waals surface area (Å²) in [5.74, 6) is -0.716. The summed E-state index contributed by atoms with van der Waals surface area (Å²) in [6.45, 7) is 4.32. The molecule has 0 aliphatic heterocycles. The number of halogens is 2. The molecular weight excluding hydrogens is 350 g/mol. The van der Waals surface area contributed by atoms with Gasteiger partial charge in [-0.05, 0) is 24.0 Å². The monoisotopic (exact) mass is 394 g/mol. The van der Waals surface area contributed by atoms with Crippen molar-refractivity contribution in [2.24, 2.45) is 0 Å². The zero-order valence-corrected chi connectivity index (χ0v) is 18.6. The topological polar surface area (TPSA) is 0 Å². The minimum Gasteiger partial charge on any atom is -0.207 e. The fourth-order valence-corrected chi connectivity index (χ4v) is 4.06. The van der Waals surface area contributed by atoms with Crippen molar-refractivity contribution < 1.29 is 8.78 Å². The standard InChI is InChI=1S/C26H44F2/c1-3-4-5-6-7-8-9-10-11-12-13-14-15-16-17-18-19-23(2)25-21-20-24(27)22-26(25)28/h20-23H,3-19H2,1-2H3. The molecule has 0 amide bonds. The van der Waals surface area contributed by atoms with Crippen LogP contribution in [0.15, 0.2) is 18.2 Å². The van der Waals surface area contributed by atoms with Crippen molar-refractivity contribution in [3.8, 4) is 0 Å². The molecule has 1 unspecified atom stereocenters. The van der Waals surface area contributed by atoms with Crippen molar-refractivity contribution in [3.63, 3.8) is 0 Å². The van der Waals surface area contributed by atoms with Gasteiger partial charge in [-0.2, -0.15) is 0 Å². The third-order valence-electron chi connectivity index (χ3n) is 5.98. The van der Waals surface area contributed by atoms with E-state index in [0.29, 0.717) is 5.56 Å². The Balaban J connectivity index is 1.85. The lowest BCUT2D eigenvalue weighted by molar-refractivity contribution is 0.512. The Labute approximate surface area is 173 Å². The van der Waals surface area contributed by atoms with E-state index in [2.05, 4.69) is 6.92 Å². The van der Waals surface area contributed by atoms with E-state index in [1.807, 2.05) is 6.92 Å². The molecule has 0 aliphatic rings. The number of rotatable bonds is 18. The highest BCUT2D eigenvalue weighted by atomic mass is 19.1. The highest BCUT2D eigenvalue weighted by Gasteiger charge is 2.11. The second kappa shape index (κ2) is 17.0. The number of hydrogen-bond acceptors (Lipinski definition) is 0. The fraction of sp³-hybridized carbons (Fsp3) is 0.769. The van der Waals surface area contributed by atoms with E-state index in [4.69, 9.17) is 0 Å². The molecule has 0 radical (unpaired) electrons. The fourth-order valence-electron chi connectivity index (χ4n) is 4.06. The van der Waals surface area contributed by atoms with Gasteiger partial charge >= 0.3 is 0 Å². The van der Waals surface area contributed by atoms with Crippen LogP contribution in [-0.4, -0.2) is 0 Å². The van der Waals surface area contributed by atoms with E-state index >= 15 is 0 Å². The molecule has 2 heteroatoms. The summed E-state index contributed by atoms with van der Waals surface area (Å²) < 4.78 is 26.8. The van der Waals surface area contributed by atoms with Gasteiger partial charge in [-0.3, -0.25) is 0 Å². The van der Waals surface area contributed by atoms with E-state index in [1.165, 1.54) is 102 Å². The molecule has 0 aliphatic carbocycles. The maximum atomic E-state index is 13.8. The molecule has 0 saturated heterocycles. The van der Waals surface area contributed by atoms with Crippen molar-refractivity contribution in [1.29, 1.82) is 0 Å². The summed E-state index contributed by atoms with van der Waals surface area (Å²) in [6.07, 6.45) is 22.9. The average Bonchev–Trinajstić information content (AvgIpc) is 2.67. The molecule has 0 nitrogen and oxygen atoms in total. The summed E-state index contributed by atoms with van der Waals surface area (Å²) in [5.41, 5.74) is 0.655. The SMILES string of the molecule is CCCCCCCCCCCCCCCCCCC(C)c1ccc(F)cc1F. The first-order chi connectivity index (χ1) is 13.6. The highest BCUT2D eigenvalue weighted by Crippen LogP contribution is 2.25. The molecule has 0 N–H and O–H groups in total. The van der Waals surface area contributed by atoms with Crippen LogP contribution in [0.4, 0.5) is 8.78 Å². The van der Waals surface area contributed by atoms with Crippen LogP contribution < -0.4 is 0 Å². The third-order valence-corrected chi connectivity index (χ3v) is 5.98. The lowest BCUT2D eigenvalue weighted by Crippen LogP contribution is -1.98. The molecule has 0 bridgehead atoms. The van der Waals surface area contributed by atoms with Crippen LogP contribution in [0.5, 0.6) is 0 Å².